The Hall–Kier alpha value is -0.250. The van der Waals surface area contributed by atoms with E-state index < -0.39 is 0 Å². The van der Waals surface area contributed by atoms with Gasteiger partial charge in [-0.25, -0.2) is 0 Å². The number of morpholine rings is 1. The Morgan fingerprint density at radius 2 is 2.24 bits per heavy atom. The van der Waals surface area contributed by atoms with Crippen molar-refractivity contribution < 1.29 is 4.74 Å². The van der Waals surface area contributed by atoms with E-state index in [1.807, 2.05) is 6.07 Å². The van der Waals surface area contributed by atoms with Crippen LogP contribution in [0.4, 0.5) is 5.69 Å². The first-order valence-electron chi connectivity index (χ1n) is 5.84. The standard InChI is InChI=1S/C13H17BrClNO/c1-9-8-17-10(2)7-16(9)13-5-12(14)4-3-11(13)6-15/h3-5,9-10H,6-8H2,1-2H3. The monoisotopic (exact) mass is 317 g/mol. The van der Waals surface area contributed by atoms with Gasteiger partial charge in [-0.1, -0.05) is 22.0 Å². The molecule has 94 valence electrons. The first kappa shape index (κ1) is 13.2. The van der Waals surface area contributed by atoms with E-state index in [9.17, 15) is 0 Å². The van der Waals surface area contributed by atoms with Crippen LogP contribution in [0.3, 0.4) is 0 Å². The zero-order valence-electron chi connectivity index (χ0n) is 10.1. The second-order valence-corrected chi connectivity index (χ2v) is 5.73. The lowest BCUT2D eigenvalue weighted by Crippen LogP contribution is -2.47. The summed E-state index contributed by atoms with van der Waals surface area (Å²) in [6.45, 7) is 5.99. The Kier molecular flexibility index (Phi) is 4.34. The number of nitrogens with zero attached hydrogens (tertiary/aromatic N) is 1. The molecule has 0 aromatic heterocycles. The third-order valence-electron chi connectivity index (χ3n) is 3.11. The molecule has 17 heavy (non-hydrogen) atoms. The summed E-state index contributed by atoms with van der Waals surface area (Å²) in [5.74, 6) is 0.543. The van der Waals surface area contributed by atoms with Gasteiger partial charge in [0, 0.05) is 28.6 Å². The largest absolute Gasteiger partial charge is 0.375 e. The van der Waals surface area contributed by atoms with Gasteiger partial charge >= 0.3 is 0 Å². The number of benzene rings is 1. The normalized spacial score (nSPS) is 25.1. The van der Waals surface area contributed by atoms with Gasteiger partial charge in [0.1, 0.15) is 0 Å². The van der Waals surface area contributed by atoms with Crippen molar-refractivity contribution in [2.75, 3.05) is 18.1 Å². The number of hydrogen-bond acceptors (Lipinski definition) is 2. The molecule has 2 unspecified atom stereocenters. The minimum absolute atomic E-state index is 0.272. The first-order valence-corrected chi connectivity index (χ1v) is 7.17. The predicted molar refractivity (Wildman–Crippen MR) is 75.9 cm³/mol. The van der Waals surface area contributed by atoms with Crippen molar-refractivity contribution in [2.45, 2.75) is 31.9 Å². The molecule has 1 fully saturated rings. The average Bonchev–Trinajstić information content (AvgIpc) is 2.32. The average molecular weight is 319 g/mol. The summed E-state index contributed by atoms with van der Waals surface area (Å²) in [4.78, 5) is 2.39. The fourth-order valence-electron chi connectivity index (χ4n) is 2.16. The maximum absolute atomic E-state index is 6.01. The molecule has 1 aliphatic heterocycles. The van der Waals surface area contributed by atoms with Crippen LogP contribution in [-0.2, 0) is 10.6 Å². The van der Waals surface area contributed by atoms with Crippen LogP contribution in [0.25, 0.3) is 0 Å². The van der Waals surface area contributed by atoms with Crippen LogP contribution < -0.4 is 4.90 Å². The van der Waals surface area contributed by atoms with Crippen LogP contribution in [0.15, 0.2) is 22.7 Å². The fraction of sp³-hybridized carbons (Fsp3) is 0.538. The van der Waals surface area contributed by atoms with Crippen molar-refractivity contribution in [3.8, 4) is 0 Å². The van der Waals surface area contributed by atoms with Crippen LogP contribution in [0.2, 0.25) is 0 Å². The molecule has 0 radical (unpaired) electrons. The number of alkyl halides is 1. The first-order chi connectivity index (χ1) is 8.11. The highest BCUT2D eigenvalue weighted by Gasteiger charge is 2.25. The Morgan fingerprint density at radius 3 is 2.94 bits per heavy atom. The summed E-state index contributed by atoms with van der Waals surface area (Å²) in [6, 6.07) is 6.66. The minimum Gasteiger partial charge on any atom is -0.375 e. The Morgan fingerprint density at radius 1 is 1.47 bits per heavy atom. The molecule has 0 amide bonds. The van der Waals surface area contributed by atoms with Crippen molar-refractivity contribution in [3.05, 3.63) is 28.2 Å². The van der Waals surface area contributed by atoms with Gasteiger partial charge < -0.3 is 9.64 Å². The SMILES string of the molecule is CC1CN(c2cc(Br)ccc2CCl)C(C)CO1. The molecule has 1 aliphatic rings. The zero-order chi connectivity index (χ0) is 12.4. The molecule has 1 aromatic rings. The quantitative estimate of drug-likeness (QED) is 0.769. The minimum atomic E-state index is 0.272. The summed E-state index contributed by atoms with van der Waals surface area (Å²) >= 11 is 9.54. The Labute approximate surface area is 116 Å². The number of hydrogen-bond donors (Lipinski definition) is 0. The predicted octanol–water partition coefficient (Wildman–Crippen LogP) is 3.80. The lowest BCUT2D eigenvalue weighted by molar-refractivity contribution is 0.0343. The van der Waals surface area contributed by atoms with Gasteiger partial charge in [-0.2, -0.15) is 0 Å². The molecule has 1 saturated heterocycles. The van der Waals surface area contributed by atoms with E-state index in [1.165, 1.54) is 11.3 Å². The van der Waals surface area contributed by atoms with E-state index in [-0.39, 0.29) is 6.10 Å². The lowest BCUT2D eigenvalue weighted by Gasteiger charge is -2.39. The van der Waals surface area contributed by atoms with E-state index in [4.69, 9.17) is 16.3 Å². The second-order valence-electron chi connectivity index (χ2n) is 4.55. The zero-order valence-corrected chi connectivity index (χ0v) is 12.5. The fourth-order valence-corrected chi connectivity index (χ4v) is 2.73. The molecule has 4 heteroatoms. The van der Waals surface area contributed by atoms with Crippen molar-refractivity contribution in [2.24, 2.45) is 0 Å². The molecule has 0 saturated carbocycles. The number of ether oxygens (including phenoxy) is 1. The molecule has 0 spiro atoms. The van der Waals surface area contributed by atoms with Gasteiger partial charge in [0.25, 0.3) is 0 Å². The van der Waals surface area contributed by atoms with Gasteiger partial charge in [-0.15, -0.1) is 11.6 Å². The van der Waals surface area contributed by atoms with E-state index in [0.29, 0.717) is 11.9 Å². The summed E-state index contributed by atoms with van der Waals surface area (Å²) < 4.78 is 6.75. The van der Waals surface area contributed by atoms with E-state index in [2.05, 4.69) is 46.8 Å². The van der Waals surface area contributed by atoms with E-state index in [1.54, 1.807) is 0 Å². The van der Waals surface area contributed by atoms with Gasteiger partial charge in [0.15, 0.2) is 0 Å². The number of rotatable bonds is 2. The smallest absolute Gasteiger partial charge is 0.0723 e. The molecule has 2 rings (SSSR count). The molecule has 2 atom stereocenters. The van der Waals surface area contributed by atoms with Gasteiger partial charge in [-0.05, 0) is 31.5 Å². The van der Waals surface area contributed by atoms with Crippen molar-refractivity contribution >= 4 is 33.2 Å². The summed E-state index contributed by atoms with van der Waals surface area (Å²) in [6.07, 6.45) is 0.272. The number of halogens is 2. The van der Waals surface area contributed by atoms with Crippen LogP contribution in [0.5, 0.6) is 0 Å². The van der Waals surface area contributed by atoms with Crippen molar-refractivity contribution in [1.82, 2.24) is 0 Å². The topological polar surface area (TPSA) is 12.5 Å². The highest BCUT2D eigenvalue weighted by Crippen LogP contribution is 2.30. The van der Waals surface area contributed by atoms with Crippen LogP contribution in [-0.4, -0.2) is 25.3 Å². The molecule has 0 N–H and O–H groups in total. The Balaban J connectivity index is 2.33. The van der Waals surface area contributed by atoms with E-state index in [0.717, 1.165) is 17.6 Å². The lowest BCUT2D eigenvalue weighted by atomic mass is 10.1. The summed E-state index contributed by atoms with van der Waals surface area (Å²) in [5.41, 5.74) is 2.40. The maximum atomic E-state index is 6.01. The Bertz CT molecular complexity index is 399. The third-order valence-corrected chi connectivity index (χ3v) is 3.89. The summed E-state index contributed by atoms with van der Waals surface area (Å²) in [5, 5.41) is 0. The van der Waals surface area contributed by atoms with Gasteiger partial charge in [0.05, 0.1) is 12.7 Å². The van der Waals surface area contributed by atoms with Gasteiger partial charge in [-0.3, -0.25) is 0 Å². The molecular weight excluding hydrogens is 302 g/mol. The van der Waals surface area contributed by atoms with Crippen LogP contribution in [0.1, 0.15) is 19.4 Å². The maximum Gasteiger partial charge on any atom is 0.0723 e. The number of anilines is 1. The molecule has 0 bridgehead atoms. The summed E-state index contributed by atoms with van der Waals surface area (Å²) in [7, 11) is 0. The third kappa shape index (κ3) is 2.95. The molecule has 1 heterocycles. The molecular formula is C13H17BrClNO. The second kappa shape index (κ2) is 5.59. The van der Waals surface area contributed by atoms with Crippen LogP contribution >= 0.6 is 27.5 Å². The van der Waals surface area contributed by atoms with Crippen molar-refractivity contribution in [3.63, 3.8) is 0 Å². The van der Waals surface area contributed by atoms with Crippen molar-refractivity contribution in [1.29, 1.82) is 0 Å². The highest BCUT2D eigenvalue weighted by atomic mass is 79.9. The molecule has 1 aromatic carbocycles. The van der Waals surface area contributed by atoms with Crippen LogP contribution in [0, 0.1) is 0 Å². The molecule has 2 nitrogen and oxygen atoms in total. The van der Waals surface area contributed by atoms with Gasteiger partial charge in [0.2, 0.25) is 0 Å². The van der Waals surface area contributed by atoms with E-state index >= 15 is 0 Å². The molecule has 0 aliphatic carbocycles. The highest BCUT2D eigenvalue weighted by molar-refractivity contribution is 9.10.